The molecule has 0 aromatic carbocycles. The van der Waals surface area contributed by atoms with Crippen LogP contribution >= 0.6 is 0 Å². The highest BCUT2D eigenvalue weighted by Gasteiger charge is 2.45. The third-order valence-corrected chi connectivity index (χ3v) is 5.17. The van der Waals surface area contributed by atoms with Crippen LogP contribution in [0.4, 0.5) is 4.79 Å². The van der Waals surface area contributed by atoms with E-state index in [0.717, 1.165) is 25.8 Å². The average Bonchev–Trinajstić information content (AvgIpc) is 2.81. The number of nitrogens with one attached hydrogen (secondary N) is 2. The minimum atomic E-state index is -0.834. The van der Waals surface area contributed by atoms with Crippen LogP contribution in [-0.2, 0) is 4.79 Å². The zero-order valence-corrected chi connectivity index (χ0v) is 13.0. The number of carboxylic acid groups (broad SMARTS) is 1. The zero-order valence-electron chi connectivity index (χ0n) is 13.0. The number of nitrogens with zero attached hydrogens (tertiary/aromatic N) is 1. The highest BCUT2D eigenvalue weighted by Crippen LogP contribution is 2.38. The predicted octanol–water partition coefficient (Wildman–Crippen LogP) is 1.41. The van der Waals surface area contributed by atoms with Crippen LogP contribution in [0, 0.1) is 5.41 Å². The van der Waals surface area contributed by atoms with Gasteiger partial charge in [0.05, 0.1) is 5.41 Å². The summed E-state index contributed by atoms with van der Waals surface area (Å²) >= 11 is 0. The normalized spacial score (nSPS) is 33.6. The summed E-state index contributed by atoms with van der Waals surface area (Å²) < 4.78 is 0. The quantitative estimate of drug-likeness (QED) is 0.733. The fourth-order valence-corrected chi connectivity index (χ4v) is 3.48. The topological polar surface area (TPSA) is 81.7 Å². The Morgan fingerprint density at radius 2 is 2.05 bits per heavy atom. The van der Waals surface area contributed by atoms with Gasteiger partial charge in [-0.2, -0.15) is 0 Å². The summed E-state index contributed by atoms with van der Waals surface area (Å²) in [7, 11) is 2.09. The van der Waals surface area contributed by atoms with Crippen LogP contribution in [0.25, 0.3) is 0 Å². The largest absolute Gasteiger partial charge is 0.481 e. The van der Waals surface area contributed by atoms with Gasteiger partial charge in [-0.25, -0.2) is 4.79 Å². The maximum absolute atomic E-state index is 12.0. The van der Waals surface area contributed by atoms with E-state index in [4.69, 9.17) is 0 Å². The Hall–Kier alpha value is -1.30. The summed E-state index contributed by atoms with van der Waals surface area (Å²) in [6.07, 6.45) is 5.74. The van der Waals surface area contributed by atoms with Crippen LogP contribution in [0.15, 0.2) is 0 Å². The molecule has 2 amide bonds. The van der Waals surface area contributed by atoms with Crippen LogP contribution in [0.5, 0.6) is 0 Å². The number of hydrogen-bond acceptors (Lipinski definition) is 3. The predicted molar refractivity (Wildman–Crippen MR) is 80.2 cm³/mol. The highest BCUT2D eigenvalue weighted by atomic mass is 16.4. The van der Waals surface area contributed by atoms with Gasteiger partial charge in [-0.15, -0.1) is 0 Å². The number of hydrogen-bond donors (Lipinski definition) is 3. The van der Waals surface area contributed by atoms with Gasteiger partial charge in [-0.05, 0) is 46.2 Å². The molecule has 0 aromatic rings. The second-order valence-electron chi connectivity index (χ2n) is 6.65. The van der Waals surface area contributed by atoms with E-state index in [1.165, 1.54) is 12.8 Å². The number of carboxylic acids is 1. The van der Waals surface area contributed by atoms with Crippen LogP contribution < -0.4 is 10.6 Å². The second kappa shape index (κ2) is 6.64. The molecule has 1 heterocycles. The molecule has 2 aliphatic rings. The fraction of sp³-hybridized carbons (Fsp3) is 0.867. The molecule has 0 radical (unpaired) electrons. The minimum Gasteiger partial charge on any atom is -0.481 e. The maximum atomic E-state index is 12.0. The van der Waals surface area contributed by atoms with E-state index >= 15 is 0 Å². The van der Waals surface area contributed by atoms with Crippen molar-refractivity contribution in [2.75, 3.05) is 20.1 Å². The van der Waals surface area contributed by atoms with Gasteiger partial charge in [-0.1, -0.05) is 12.8 Å². The van der Waals surface area contributed by atoms with E-state index in [1.807, 2.05) is 0 Å². The molecule has 3 unspecified atom stereocenters. The van der Waals surface area contributed by atoms with E-state index in [1.54, 1.807) is 6.92 Å². The first kappa shape index (κ1) is 16.1. The fourth-order valence-electron chi connectivity index (χ4n) is 3.48. The summed E-state index contributed by atoms with van der Waals surface area (Å²) in [6.45, 7) is 3.43. The van der Waals surface area contributed by atoms with Crippen molar-refractivity contribution in [2.45, 2.75) is 57.5 Å². The van der Waals surface area contributed by atoms with Gasteiger partial charge in [0.1, 0.15) is 0 Å². The molecule has 3 N–H and O–H groups in total. The van der Waals surface area contributed by atoms with Crippen molar-refractivity contribution in [3.63, 3.8) is 0 Å². The summed E-state index contributed by atoms with van der Waals surface area (Å²) in [5.74, 6) is -0.822. The van der Waals surface area contributed by atoms with Gasteiger partial charge in [0.2, 0.25) is 0 Å². The van der Waals surface area contributed by atoms with Crippen LogP contribution in [0.2, 0.25) is 0 Å². The Labute approximate surface area is 126 Å². The van der Waals surface area contributed by atoms with Crippen LogP contribution in [0.1, 0.15) is 45.4 Å². The van der Waals surface area contributed by atoms with E-state index in [9.17, 15) is 14.7 Å². The number of carbonyl (C=O) groups is 2. The molecular weight excluding hydrogens is 270 g/mol. The molecule has 2 fully saturated rings. The van der Waals surface area contributed by atoms with E-state index < -0.39 is 11.4 Å². The molecule has 1 saturated carbocycles. The van der Waals surface area contributed by atoms with E-state index in [2.05, 4.69) is 22.6 Å². The first-order valence-electron chi connectivity index (χ1n) is 7.91. The highest BCUT2D eigenvalue weighted by molar-refractivity contribution is 5.79. The number of carbonyl (C=O) groups excluding carboxylic acids is 1. The molecule has 2 rings (SSSR count). The molecule has 0 bridgehead atoms. The molecular formula is C15H27N3O3. The number of amides is 2. The summed E-state index contributed by atoms with van der Waals surface area (Å²) in [6, 6.07) is -0.133. The third kappa shape index (κ3) is 3.67. The number of likely N-dealkylation sites (tertiary alicyclic amines) is 1. The maximum Gasteiger partial charge on any atom is 0.315 e. The number of piperidine rings is 1. The van der Waals surface area contributed by atoms with Crippen LogP contribution in [-0.4, -0.2) is 54.2 Å². The lowest BCUT2D eigenvalue weighted by Crippen LogP contribution is -2.52. The lowest BCUT2D eigenvalue weighted by atomic mass is 9.85. The number of rotatable bonds is 4. The Balaban J connectivity index is 1.80. The Kier molecular flexibility index (Phi) is 5.08. The van der Waals surface area contributed by atoms with Gasteiger partial charge in [0.15, 0.2) is 0 Å². The first-order chi connectivity index (χ1) is 9.93. The van der Waals surface area contributed by atoms with Gasteiger partial charge in [-0.3, -0.25) is 4.79 Å². The van der Waals surface area contributed by atoms with Crippen LogP contribution in [0.3, 0.4) is 0 Å². The van der Waals surface area contributed by atoms with E-state index in [0.29, 0.717) is 19.0 Å². The van der Waals surface area contributed by atoms with Gasteiger partial charge >= 0.3 is 12.0 Å². The third-order valence-electron chi connectivity index (χ3n) is 5.17. The van der Waals surface area contributed by atoms with Crippen molar-refractivity contribution in [1.82, 2.24) is 15.5 Å². The van der Waals surface area contributed by atoms with Gasteiger partial charge < -0.3 is 20.6 Å². The second-order valence-corrected chi connectivity index (χ2v) is 6.65. The number of likely N-dealkylation sites (N-methyl/N-ethyl adjacent to an activating group) is 1. The standard InChI is InChI=1S/C15H27N3O3/c1-15(13(19)20)8-5-7-12(15)17-14(21)16-10-11-6-3-4-9-18(11)2/h11-12H,3-10H2,1-2H3,(H,19,20)(H2,16,17,21). The molecule has 120 valence electrons. The summed E-state index contributed by atoms with van der Waals surface area (Å²) in [5.41, 5.74) is -0.834. The number of aliphatic carboxylic acids is 1. The molecule has 1 aliphatic carbocycles. The van der Waals surface area contributed by atoms with Crippen molar-refractivity contribution in [3.05, 3.63) is 0 Å². The number of urea groups is 1. The smallest absolute Gasteiger partial charge is 0.315 e. The van der Waals surface area contributed by atoms with Crippen molar-refractivity contribution in [2.24, 2.45) is 5.41 Å². The molecule has 21 heavy (non-hydrogen) atoms. The molecule has 6 nitrogen and oxygen atoms in total. The summed E-state index contributed by atoms with van der Waals surface area (Å²) in [4.78, 5) is 25.7. The van der Waals surface area contributed by atoms with E-state index in [-0.39, 0.29) is 12.1 Å². The van der Waals surface area contributed by atoms with Gasteiger partial charge in [0, 0.05) is 18.6 Å². The lowest BCUT2D eigenvalue weighted by Gasteiger charge is -2.33. The Bertz CT molecular complexity index is 402. The molecule has 6 heteroatoms. The average molecular weight is 297 g/mol. The monoisotopic (exact) mass is 297 g/mol. The molecule has 1 saturated heterocycles. The molecule has 1 aliphatic heterocycles. The zero-order chi connectivity index (χ0) is 15.5. The molecule has 3 atom stereocenters. The van der Waals surface area contributed by atoms with Crippen molar-refractivity contribution in [1.29, 1.82) is 0 Å². The minimum absolute atomic E-state index is 0.242. The summed E-state index contributed by atoms with van der Waals surface area (Å²) in [5, 5.41) is 15.1. The molecule has 0 aromatic heterocycles. The van der Waals surface area contributed by atoms with Crippen molar-refractivity contribution < 1.29 is 14.7 Å². The molecule has 0 spiro atoms. The first-order valence-corrected chi connectivity index (χ1v) is 7.91. The SMILES string of the molecule is CN1CCCCC1CNC(=O)NC1CCCC1(C)C(=O)O. The lowest BCUT2D eigenvalue weighted by molar-refractivity contribution is -0.148. The van der Waals surface area contributed by atoms with Gasteiger partial charge in [0.25, 0.3) is 0 Å². The Morgan fingerprint density at radius 3 is 2.71 bits per heavy atom. The van der Waals surface area contributed by atoms with Crippen molar-refractivity contribution >= 4 is 12.0 Å². The Morgan fingerprint density at radius 1 is 1.29 bits per heavy atom. The van der Waals surface area contributed by atoms with Crippen molar-refractivity contribution in [3.8, 4) is 0 Å².